The number of aryl methyl sites for hydroxylation is 1. The van der Waals surface area contributed by atoms with E-state index < -0.39 is 6.61 Å². The van der Waals surface area contributed by atoms with E-state index in [1.807, 2.05) is 31.3 Å². The molecule has 0 radical (unpaired) electrons. The van der Waals surface area contributed by atoms with Crippen molar-refractivity contribution in [2.75, 3.05) is 36.5 Å². The summed E-state index contributed by atoms with van der Waals surface area (Å²) in [5, 5.41) is 7.29. The van der Waals surface area contributed by atoms with Gasteiger partial charge >= 0.3 is 6.61 Å². The van der Waals surface area contributed by atoms with E-state index >= 15 is 0 Å². The number of benzene rings is 1. The lowest BCUT2D eigenvalue weighted by atomic mass is 9.78. The van der Waals surface area contributed by atoms with Crippen LogP contribution in [-0.2, 0) is 4.74 Å². The van der Waals surface area contributed by atoms with E-state index in [-0.39, 0.29) is 17.1 Å². The predicted octanol–water partition coefficient (Wildman–Crippen LogP) is 3.79. The van der Waals surface area contributed by atoms with Crippen molar-refractivity contribution in [1.82, 2.24) is 19.6 Å². The number of hydrogen-bond donors (Lipinski definition) is 1. The third kappa shape index (κ3) is 4.01. The molecule has 4 aromatic rings. The lowest BCUT2D eigenvalue weighted by molar-refractivity contribution is -0.127. The van der Waals surface area contributed by atoms with Gasteiger partial charge in [-0.1, -0.05) is 12.1 Å². The smallest absolute Gasteiger partial charge is 0.387 e. The number of nitrogens with zero attached hydrogens (tertiary/aromatic N) is 5. The molecule has 3 aromatic heterocycles. The Balaban J connectivity index is 1.22. The maximum atomic E-state index is 13.2. The molecule has 6 rings (SSSR count). The van der Waals surface area contributed by atoms with Crippen LogP contribution in [0.5, 0.6) is 5.75 Å². The number of aromatic nitrogens is 4. The Morgan fingerprint density at radius 1 is 1.14 bits per heavy atom. The van der Waals surface area contributed by atoms with Crippen LogP contribution >= 0.6 is 0 Å². The number of amides is 1. The fourth-order valence-electron chi connectivity index (χ4n) is 4.57. The number of carbonyl (C=O) groups excluding carboxylic acids is 1. The highest BCUT2D eigenvalue weighted by Gasteiger charge is 2.49. The van der Waals surface area contributed by atoms with Gasteiger partial charge < -0.3 is 19.7 Å². The summed E-state index contributed by atoms with van der Waals surface area (Å²) < 4.78 is 36.1. The average molecular weight is 492 g/mol. The van der Waals surface area contributed by atoms with Crippen LogP contribution in [0, 0.1) is 12.3 Å². The fourth-order valence-corrected chi connectivity index (χ4v) is 4.57. The van der Waals surface area contributed by atoms with Crippen molar-refractivity contribution >= 4 is 22.8 Å². The minimum absolute atomic E-state index is 0.128. The lowest BCUT2D eigenvalue weighted by Gasteiger charge is -2.56. The normalized spacial score (nSPS) is 16.2. The van der Waals surface area contributed by atoms with Gasteiger partial charge in [-0.3, -0.25) is 4.79 Å². The highest BCUT2D eigenvalue weighted by Crippen LogP contribution is 2.40. The van der Waals surface area contributed by atoms with E-state index in [0.717, 1.165) is 37.6 Å². The molecule has 184 valence electrons. The van der Waals surface area contributed by atoms with E-state index in [1.54, 1.807) is 22.8 Å². The zero-order valence-corrected chi connectivity index (χ0v) is 19.3. The van der Waals surface area contributed by atoms with Gasteiger partial charge in [0.1, 0.15) is 0 Å². The molecule has 1 aromatic carbocycles. The number of anilines is 2. The molecule has 0 atom stereocenters. The van der Waals surface area contributed by atoms with Gasteiger partial charge in [0, 0.05) is 36.2 Å². The molecule has 0 unspecified atom stereocenters. The third-order valence-corrected chi connectivity index (χ3v) is 6.58. The molecule has 1 amide bonds. The first-order chi connectivity index (χ1) is 17.4. The number of ether oxygens (including phenoxy) is 2. The number of halogens is 2. The Hall–Kier alpha value is -4.12. The standard InChI is InChI=1S/C25H22F2N6O3/c1-15-2-3-16(22-28-8-18(9-29-22)36-24(26)27)6-20(15)31-23(34)19-10-30-33-5-4-17(7-21(19)33)32-11-25(12-32)13-35-14-25/h2-10,24H,11-14H2,1H3,(H,31,34). The van der Waals surface area contributed by atoms with E-state index in [9.17, 15) is 13.6 Å². The van der Waals surface area contributed by atoms with Gasteiger partial charge in [-0.05, 0) is 30.7 Å². The van der Waals surface area contributed by atoms with Crippen LogP contribution in [0.4, 0.5) is 20.2 Å². The average Bonchev–Trinajstić information content (AvgIpc) is 3.22. The number of hydrogen-bond acceptors (Lipinski definition) is 7. The first kappa shape index (κ1) is 22.4. The first-order valence-corrected chi connectivity index (χ1v) is 11.4. The molecule has 2 aliphatic rings. The van der Waals surface area contributed by atoms with Crippen molar-refractivity contribution in [3.05, 3.63) is 66.2 Å². The lowest BCUT2D eigenvalue weighted by Crippen LogP contribution is -2.66. The number of rotatable bonds is 6. The Morgan fingerprint density at radius 2 is 1.92 bits per heavy atom. The molecule has 11 heteroatoms. The molecule has 0 aliphatic carbocycles. The highest BCUT2D eigenvalue weighted by molar-refractivity contribution is 6.09. The van der Waals surface area contributed by atoms with E-state index in [2.05, 4.69) is 30.0 Å². The number of carbonyl (C=O) groups is 1. The summed E-state index contributed by atoms with van der Waals surface area (Å²) in [4.78, 5) is 23.7. The third-order valence-electron chi connectivity index (χ3n) is 6.58. The van der Waals surface area contributed by atoms with E-state index in [4.69, 9.17) is 4.74 Å². The van der Waals surface area contributed by atoms with Gasteiger partial charge in [0.15, 0.2) is 11.6 Å². The Labute approximate surface area is 204 Å². The summed E-state index contributed by atoms with van der Waals surface area (Å²) in [7, 11) is 0. The molecule has 2 fully saturated rings. The van der Waals surface area contributed by atoms with Gasteiger partial charge in [-0.2, -0.15) is 13.9 Å². The van der Waals surface area contributed by atoms with Crippen molar-refractivity contribution in [1.29, 1.82) is 0 Å². The summed E-state index contributed by atoms with van der Waals surface area (Å²) in [5.41, 5.74) is 4.54. The van der Waals surface area contributed by atoms with Crippen LogP contribution in [0.15, 0.2) is 55.1 Å². The Morgan fingerprint density at radius 3 is 2.61 bits per heavy atom. The zero-order chi connectivity index (χ0) is 24.9. The van der Waals surface area contributed by atoms with Crippen LogP contribution in [0.3, 0.4) is 0 Å². The summed E-state index contributed by atoms with van der Waals surface area (Å²) >= 11 is 0. The molecular formula is C25H22F2N6O3. The predicted molar refractivity (Wildman–Crippen MR) is 127 cm³/mol. The molecule has 0 bridgehead atoms. The second-order valence-corrected chi connectivity index (χ2v) is 9.23. The summed E-state index contributed by atoms with van der Waals surface area (Å²) in [6.45, 7) is 2.44. The molecule has 0 saturated carbocycles. The van der Waals surface area contributed by atoms with Crippen LogP contribution < -0.4 is 15.0 Å². The summed E-state index contributed by atoms with van der Waals surface area (Å²) in [6.07, 6.45) is 5.77. The number of nitrogens with one attached hydrogen (secondary N) is 1. The van der Waals surface area contributed by atoms with Crippen LogP contribution in [-0.4, -0.2) is 58.4 Å². The van der Waals surface area contributed by atoms with Crippen molar-refractivity contribution in [3.63, 3.8) is 0 Å². The molecule has 9 nitrogen and oxygen atoms in total. The van der Waals surface area contributed by atoms with E-state index in [0.29, 0.717) is 28.2 Å². The second-order valence-electron chi connectivity index (χ2n) is 9.23. The maximum Gasteiger partial charge on any atom is 0.387 e. The van der Waals surface area contributed by atoms with Gasteiger partial charge in [-0.25, -0.2) is 14.5 Å². The largest absolute Gasteiger partial charge is 0.432 e. The molecule has 2 saturated heterocycles. The first-order valence-electron chi connectivity index (χ1n) is 11.4. The SMILES string of the molecule is Cc1ccc(-c2ncc(OC(F)F)cn2)cc1NC(=O)c1cnn2ccc(N3CC4(COC4)C3)cc12. The molecule has 1 spiro atoms. The number of fused-ring (bicyclic) bond motifs is 1. The van der Waals surface area contributed by atoms with Crippen molar-refractivity contribution in [2.24, 2.45) is 5.41 Å². The van der Waals surface area contributed by atoms with Crippen LogP contribution in [0.25, 0.3) is 16.9 Å². The van der Waals surface area contributed by atoms with Crippen molar-refractivity contribution in [3.8, 4) is 17.1 Å². The molecule has 36 heavy (non-hydrogen) atoms. The van der Waals surface area contributed by atoms with Gasteiger partial charge in [0.05, 0.1) is 48.3 Å². The second kappa shape index (κ2) is 8.52. The summed E-state index contributed by atoms with van der Waals surface area (Å²) in [6, 6.07) is 9.35. The van der Waals surface area contributed by atoms with Crippen LogP contribution in [0.1, 0.15) is 15.9 Å². The van der Waals surface area contributed by atoms with Gasteiger partial charge in [0.25, 0.3) is 5.91 Å². The monoisotopic (exact) mass is 492 g/mol. The maximum absolute atomic E-state index is 13.2. The Kier molecular flexibility index (Phi) is 5.29. The molecular weight excluding hydrogens is 470 g/mol. The molecule has 1 N–H and O–H groups in total. The minimum atomic E-state index is -2.95. The fraction of sp³-hybridized carbons (Fsp3) is 0.280. The molecule has 2 aliphatic heterocycles. The quantitative estimate of drug-likeness (QED) is 0.438. The van der Waals surface area contributed by atoms with E-state index in [1.165, 1.54) is 12.4 Å². The van der Waals surface area contributed by atoms with Crippen LogP contribution in [0.2, 0.25) is 0 Å². The topological polar surface area (TPSA) is 93.9 Å². The van der Waals surface area contributed by atoms with Crippen molar-refractivity contribution < 1.29 is 23.0 Å². The van der Waals surface area contributed by atoms with Gasteiger partial charge in [0.2, 0.25) is 0 Å². The highest BCUT2D eigenvalue weighted by atomic mass is 19.3. The number of alkyl halides is 2. The minimum Gasteiger partial charge on any atom is -0.432 e. The van der Waals surface area contributed by atoms with Gasteiger partial charge in [-0.15, -0.1) is 0 Å². The van der Waals surface area contributed by atoms with Crippen molar-refractivity contribution in [2.45, 2.75) is 13.5 Å². The number of pyridine rings is 1. The Bertz CT molecular complexity index is 1440. The summed E-state index contributed by atoms with van der Waals surface area (Å²) in [5.74, 6) is -0.107. The zero-order valence-electron chi connectivity index (χ0n) is 19.3. The molecule has 5 heterocycles.